The predicted octanol–water partition coefficient (Wildman–Crippen LogP) is 3.86. The van der Waals surface area contributed by atoms with Crippen molar-refractivity contribution in [3.8, 4) is 11.4 Å². The third-order valence-electron chi connectivity index (χ3n) is 3.67. The van der Waals surface area contributed by atoms with E-state index >= 15 is 0 Å². The third-order valence-corrected chi connectivity index (χ3v) is 4.56. The number of urea groups is 1. The summed E-state index contributed by atoms with van der Waals surface area (Å²) in [4.78, 5) is 19.4. The van der Waals surface area contributed by atoms with E-state index in [0.717, 1.165) is 17.7 Å². The van der Waals surface area contributed by atoms with E-state index in [1.54, 1.807) is 21.7 Å². The Morgan fingerprint density at radius 2 is 2.00 bits per heavy atom. The minimum atomic E-state index is -4.76. The number of aryl methyl sites for hydroxylation is 1. The lowest BCUT2D eigenvalue weighted by atomic mass is 10.3. The normalized spacial score (nSPS) is 15.7. The van der Waals surface area contributed by atoms with Crippen molar-refractivity contribution >= 4 is 17.4 Å². The van der Waals surface area contributed by atoms with Crippen LogP contribution >= 0.6 is 11.3 Å². The van der Waals surface area contributed by atoms with Crippen LogP contribution in [0.15, 0.2) is 35.5 Å². The van der Waals surface area contributed by atoms with Crippen LogP contribution in [0.5, 0.6) is 5.75 Å². The van der Waals surface area contributed by atoms with Gasteiger partial charge >= 0.3 is 12.4 Å². The highest BCUT2D eigenvalue weighted by molar-refractivity contribution is 7.09. The van der Waals surface area contributed by atoms with Gasteiger partial charge in [-0.05, 0) is 31.9 Å². The molecule has 1 saturated heterocycles. The van der Waals surface area contributed by atoms with Crippen molar-refractivity contribution in [2.45, 2.75) is 26.1 Å². The molecular formula is C16H16F3N3O2S. The van der Waals surface area contributed by atoms with Crippen LogP contribution in [0.4, 0.5) is 18.0 Å². The number of carbonyl (C=O) groups excluding carboxylic acids is 1. The Labute approximate surface area is 146 Å². The van der Waals surface area contributed by atoms with Crippen LogP contribution in [0.1, 0.15) is 17.7 Å². The van der Waals surface area contributed by atoms with Crippen molar-refractivity contribution in [3.63, 3.8) is 0 Å². The third kappa shape index (κ3) is 4.41. The Hall–Kier alpha value is -2.29. The van der Waals surface area contributed by atoms with Crippen molar-refractivity contribution in [1.29, 1.82) is 0 Å². The maximum absolute atomic E-state index is 12.4. The summed E-state index contributed by atoms with van der Waals surface area (Å²) >= 11 is 1.30. The molecule has 0 unspecified atom stereocenters. The molecule has 5 nitrogen and oxygen atoms in total. The molecule has 0 aliphatic carbocycles. The van der Waals surface area contributed by atoms with Gasteiger partial charge in [-0.2, -0.15) is 4.99 Å². The van der Waals surface area contributed by atoms with Crippen molar-refractivity contribution in [3.05, 3.63) is 40.1 Å². The second-order valence-corrected chi connectivity index (χ2v) is 6.84. The lowest BCUT2D eigenvalue weighted by Crippen LogP contribution is -2.27. The van der Waals surface area contributed by atoms with Gasteiger partial charge in [0.15, 0.2) is 4.80 Å². The van der Waals surface area contributed by atoms with Gasteiger partial charge in [0.2, 0.25) is 0 Å². The zero-order valence-electron chi connectivity index (χ0n) is 13.4. The number of thiazole rings is 1. The molecule has 0 spiro atoms. The number of halogens is 3. The molecule has 0 atom stereocenters. The fourth-order valence-electron chi connectivity index (χ4n) is 2.61. The van der Waals surface area contributed by atoms with Gasteiger partial charge in [0, 0.05) is 30.2 Å². The maximum atomic E-state index is 12.4. The van der Waals surface area contributed by atoms with Gasteiger partial charge in [-0.3, -0.25) is 4.57 Å². The molecule has 1 aromatic heterocycles. The topological polar surface area (TPSA) is 46.8 Å². The monoisotopic (exact) mass is 371 g/mol. The lowest BCUT2D eigenvalue weighted by Gasteiger charge is -2.11. The minimum Gasteiger partial charge on any atom is -0.406 e. The molecule has 25 heavy (non-hydrogen) atoms. The molecule has 1 aliphatic heterocycles. The largest absolute Gasteiger partial charge is 0.573 e. The number of hydrogen-bond acceptors (Lipinski definition) is 3. The van der Waals surface area contributed by atoms with E-state index in [1.165, 1.54) is 29.5 Å². The highest BCUT2D eigenvalue weighted by Crippen LogP contribution is 2.24. The molecular weight excluding hydrogens is 355 g/mol. The quantitative estimate of drug-likeness (QED) is 0.805. The van der Waals surface area contributed by atoms with Crippen LogP contribution in [0.2, 0.25) is 0 Å². The summed E-state index contributed by atoms with van der Waals surface area (Å²) in [6.07, 6.45) is -1.11. The van der Waals surface area contributed by atoms with Crippen LogP contribution in [0, 0.1) is 6.92 Å². The van der Waals surface area contributed by atoms with E-state index in [9.17, 15) is 18.0 Å². The summed E-state index contributed by atoms with van der Waals surface area (Å²) in [7, 11) is 0. The fraction of sp³-hybridized carbons (Fsp3) is 0.375. The molecule has 0 radical (unpaired) electrons. The van der Waals surface area contributed by atoms with Crippen LogP contribution in [0.25, 0.3) is 5.69 Å². The standard InChI is InChI=1S/C16H16F3N3O2S/c1-11-10-22(12-5-4-6-13(9-12)24-16(17,18)19)15(25-11)20-14(23)21-7-2-3-8-21/h4-6,9-10H,2-3,7-8H2,1H3. The summed E-state index contributed by atoms with van der Waals surface area (Å²) in [6.45, 7) is 3.21. The Kier molecular flexibility index (Phi) is 4.85. The average molecular weight is 371 g/mol. The molecule has 1 aromatic carbocycles. The van der Waals surface area contributed by atoms with Crippen LogP contribution in [0.3, 0.4) is 0 Å². The molecule has 3 rings (SSSR count). The fourth-order valence-corrected chi connectivity index (χ4v) is 3.44. The smallest absolute Gasteiger partial charge is 0.406 e. The van der Waals surface area contributed by atoms with Crippen molar-refractivity contribution in [1.82, 2.24) is 9.47 Å². The summed E-state index contributed by atoms with van der Waals surface area (Å²) in [5, 5.41) is 0. The Morgan fingerprint density at radius 1 is 1.28 bits per heavy atom. The molecule has 1 fully saturated rings. The molecule has 2 heterocycles. The number of amides is 2. The second-order valence-electron chi connectivity index (χ2n) is 5.63. The van der Waals surface area contributed by atoms with Gasteiger partial charge in [-0.1, -0.05) is 6.07 Å². The van der Waals surface area contributed by atoms with E-state index in [0.29, 0.717) is 23.6 Å². The van der Waals surface area contributed by atoms with E-state index in [-0.39, 0.29) is 11.8 Å². The number of alkyl halides is 3. The number of likely N-dealkylation sites (tertiary alicyclic amines) is 1. The van der Waals surface area contributed by atoms with Gasteiger partial charge in [0.25, 0.3) is 0 Å². The van der Waals surface area contributed by atoms with Crippen molar-refractivity contribution in [2.24, 2.45) is 4.99 Å². The Bertz CT molecular complexity index is 836. The molecule has 134 valence electrons. The number of benzene rings is 1. The summed E-state index contributed by atoms with van der Waals surface area (Å²) in [5.41, 5.74) is 0.444. The van der Waals surface area contributed by atoms with Gasteiger partial charge in [0.1, 0.15) is 5.75 Å². The molecule has 0 saturated carbocycles. The van der Waals surface area contributed by atoms with Crippen LogP contribution in [-0.2, 0) is 0 Å². The molecule has 1 aliphatic rings. The zero-order valence-corrected chi connectivity index (χ0v) is 14.2. The molecule has 9 heteroatoms. The van der Waals surface area contributed by atoms with Gasteiger partial charge in [-0.25, -0.2) is 4.79 Å². The first kappa shape index (κ1) is 17.5. The van der Waals surface area contributed by atoms with E-state index < -0.39 is 6.36 Å². The number of rotatable bonds is 2. The van der Waals surface area contributed by atoms with E-state index in [4.69, 9.17) is 0 Å². The number of carbonyl (C=O) groups is 1. The summed E-state index contributed by atoms with van der Waals surface area (Å²) < 4.78 is 42.8. The van der Waals surface area contributed by atoms with Gasteiger partial charge in [-0.15, -0.1) is 24.5 Å². The van der Waals surface area contributed by atoms with Crippen molar-refractivity contribution < 1.29 is 22.7 Å². The molecule has 2 amide bonds. The minimum absolute atomic E-state index is 0.321. The van der Waals surface area contributed by atoms with Crippen molar-refractivity contribution in [2.75, 3.05) is 13.1 Å². The number of hydrogen-bond donors (Lipinski definition) is 0. The summed E-state index contributed by atoms with van der Waals surface area (Å²) in [5.74, 6) is -0.321. The molecule has 0 N–H and O–H groups in total. The van der Waals surface area contributed by atoms with E-state index in [1.807, 2.05) is 6.92 Å². The predicted molar refractivity (Wildman–Crippen MR) is 86.8 cm³/mol. The second kappa shape index (κ2) is 6.91. The maximum Gasteiger partial charge on any atom is 0.573 e. The molecule has 0 bridgehead atoms. The Morgan fingerprint density at radius 3 is 2.68 bits per heavy atom. The first-order valence-corrected chi connectivity index (χ1v) is 8.52. The summed E-state index contributed by atoms with van der Waals surface area (Å²) in [6, 6.07) is 5.26. The van der Waals surface area contributed by atoms with Gasteiger partial charge < -0.3 is 9.64 Å². The number of nitrogens with zero attached hydrogens (tertiary/aromatic N) is 3. The first-order chi connectivity index (χ1) is 11.8. The zero-order chi connectivity index (χ0) is 18.0. The average Bonchev–Trinajstić information content (AvgIpc) is 3.15. The number of ether oxygens (including phenoxy) is 1. The van der Waals surface area contributed by atoms with E-state index in [2.05, 4.69) is 9.73 Å². The highest BCUT2D eigenvalue weighted by atomic mass is 32.1. The SMILES string of the molecule is Cc1cn(-c2cccc(OC(F)(F)F)c2)c(=NC(=O)N2CCCC2)s1. The highest BCUT2D eigenvalue weighted by Gasteiger charge is 2.31. The van der Waals surface area contributed by atoms with Crippen LogP contribution in [-0.4, -0.2) is 34.9 Å². The Balaban J connectivity index is 1.95. The number of aromatic nitrogens is 1. The lowest BCUT2D eigenvalue weighted by molar-refractivity contribution is -0.274. The molecule has 2 aromatic rings. The van der Waals surface area contributed by atoms with Gasteiger partial charge in [0.05, 0.1) is 5.69 Å². The first-order valence-electron chi connectivity index (χ1n) is 7.71. The van der Waals surface area contributed by atoms with Crippen LogP contribution < -0.4 is 9.54 Å².